The Kier molecular flexibility index (Phi) is 6.54. The summed E-state index contributed by atoms with van der Waals surface area (Å²) in [6.07, 6.45) is 1.71. The number of carbonyl (C=O) groups is 1. The van der Waals surface area contributed by atoms with Gasteiger partial charge in [0, 0.05) is 13.0 Å². The number of aromatic nitrogens is 2. The van der Waals surface area contributed by atoms with E-state index in [-0.39, 0.29) is 28.8 Å². The predicted molar refractivity (Wildman–Crippen MR) is 104 cm³/mol. The van der Waals surface area contributed by atoms with E-state index in [9.17, 15) is 13.2 Å². The molecule has 0 atom stereocenters. The van der Waals surface area contributed by atoms with Gasteiger partial charge in [-0.25, -0.2) is 8.42 Å². The zero-order valence-electron chi connectivity index (χ0n) is 15.2. The lowest BCUT2D eigenvalue weighted by molar-refractivity contribution is 0.0909. The smallest absolute Gasteiger partial charge is 0.315 e. The molecule has 0 aliphatic rings. The molecule has 0 radical (unpaired) electrons. The van der Waals surface area contributed by atoms with Crippen molar-refractivity contribution in [3.05, 3.63) is 77.9 Å². The minimum atomic E-state index is -3.44. The number of nitrogens with zero attached hydrogens (tertiary/aromatic N) is 2. The fourth-order valence-corrected chi connectivity index (χ4v) is 3.89. The molecular formula is C20H21N3O4S. The van der Waals surface area contributed by atoms with Gasteiger partial charge in [0.25, 0.3) is 0 Å². The summed E-state index contributed by atoms with van der Waals surface area (Å²) >= 11 is 0. The maximum Gasteiger partial charge on any atom is 0.315 e. The van der Waals surface area contributed by atoms with Gasteiger partial charge in [0.15, 0.2) is 15.7 Å². The molecule has 1 N–H and O–H groups in total. The summed E-state index contributed by atoms with van der Waals surface area (Å²) in [6.45, 7) is 0.480. The molecule has 0 spiro atoms. The van der Waals surface area contributed by atoms with Crippen LogP contribution in [-0.2, 0) is 22.7 Å². The number of hydrogen-bond acceptors (Lipinski definition) is 6. The maximum atomic E-state index is 12.3. The molecule has 0 saturated carbocycles. The van der Waals surface area contributed by atoms with Crippen LogP contribution in [0.4, 0.5) is 0 Å². The average molecular weight is 399 g/mol. The van der Waals surface area contributed by atoms with Crippen molar-refractivity contribution in [2.24, 2.45) is 0 Å². The minimum absolute atomic E-state index is 0.0714. The third-order valence-corrected chi connectivity index (χ3v) is 5.86. The van der Waals surface area contributed by atoms with Crippen LogP contribution in [0, 0.1) is 0 Å². The van der Waals surface area contributed by atoms with Gasteiger partial charge in [0.1, 0.15) is 0 Å². The highest BCUT2D eigenvalue weighted by Crippen LogP contribution is 2.11. The Balaban J connectivity index is 1.46. The number of aryl methyl sites for hydroxylation is 2. The molecule has 0 aliphatic carbocycles. The molecule has 0 fully saturated rings. The van der Waals surface area contributed by atoms with E-state index in [0.717, 1.165) is 12.8 Å². The second kappa shape index (κ2) is 9.27. The topological polar surface area (TPSA) is 102 Å². The molecule has 0 aliphatic heterocycles. The van der Waals surface area contributed by atoms with Crippen LogP contribution in [0.3, 0.4) is 0 Å². The first-order valence-corrected chi connectivity index (χ1v) is 10.6. The Hall–Kier alpha value is -3.00. The first kappa shape index (κ1) is 19.8. The minimum Gasteiger partial charge on any atom is -0.348 e. The number of benzene rings is 2. The van der Waals surface area contributed by atoms with Crippen molar-refractivity contribution in [1.29, 1.82) is 0 Å². The van der Waals surface area contributed by atoms with Crippen molar-refractivity contribution in [3.63, 3.8) is 0 Å². The van der Waals surface area contributed by atoms with Crippen molar-refractivity contribution in [2.75, 3.05) is 12.3 Å². The first-order chi connectivity index (χ1) is 13.5. The van der Waals surface area contributed by atoms with E-state index in [1.54, 1.807) is 30.3 Å². The van der Waals surface area contributed by atoms with Gasteiger partial charge < -0.3 is 9.84 Å². The quantitative estimate of drug-likeness (QED) is 0.555. The Labute approximate surface area is 163 Å². The van der Waals surface area contributed by atoms with Crippen molar-refractivity contribution < 1.29 is 17.7 Å². The SMILES string of the molecule is O=C(NCCCc1ccccc1)c1nc(CCS(=O)(=O)c2ccccc2)no1. The van der Waals surface area contributed by atoms with Gasteiger partial charge in [0.2, 0.25) is 0 Å². The Morgan fingerprint density at radius 2 is 1.64 bits per heavy atom. The van der Waals surface area contributed by atoms with Crippen molar-refractivity contribution >= 4 is 15.7 Å². The van der Waals surface area contributed by atoms with Gasteiger partial charge >= 0.3 is 11.8 Å². The molecule has 1 amide bonds. The van der Waals surface area contributed by atoms with Crippen molar-refractivity contribution in [2.45, 2.75) is 24.2 Å². The number of sulfone groups is 1. The Morgan fingerprint density at radius 1 is 0.964 bits per heavy atom. The molecule has 146 valence electrons. The van der Waals surface area contributed by atoms with Crippen LogP contribution in [0.5, 0.6) is 0 Å². The predicted octanol–water partition coefficient (Wildman–Crippen LogP) is 2.45. The molecule has 1 aromatic heterocycles. The highest BCUT2D eigenvalue weighted by atomic mass is 32.2. The summed E-state index contributed by atoms with van der Waals surface area (Å²) in [4.78, 5) is 16.3. The zero-order valence-corrected chi connectivity index (χ0v) is 16.1. The van der Waals surface area contributed by atoms with Crippen LogP contribution in [0.1, 0.15) is 28.5 Å². The highest BCUT2D eigenvalue weighted by molar-refractivity contribution is 7.91. The Bertz CT molecular complexity index is 1000. The van der Waals surface area contributed by atoms with E-state index in [2.05, 4.69) is 15.5 Å². The van der Waals surface area contributed by atoms with E-state index < -0.39 is 15.7 Å². The number of hydrogen-bond donors (Lipinski definition) is 1. The number of carbonyl (C=O) groups excluding carboxylic acids is 1. The molecule has 0 saturated heterocycles. The molecule has 7 nitrogen and oxygen atoms in total. The normalized spacial score (nSPS) is 11.3. The van der Waals surface area contributed by atoms with Crippen molar-refractivity contribution in [1.82, 2.24) is 15.5 Å². The molecule has 3 aromatic rings. The van der Waals surface area contributed by atoms with E-state index in [0.29, 0.717) is 6.54 Å². The van der Waals surface area contributed by atoms with Crippen LogP contribution < -0.4 is 5.32 Å². The largest absolute Gasteiger partial charge is 0.348 e. The van der Waals surface area contributed by atoms with Gasteiger partial charge in [0.05, 0.1) is 10.6 Å². The third-order valence-electron chi connectivity index (χ3n) is 4.13. The summed E-state index contributed by atoms with van der Waals surface area (Å²) in [5, 5.41) is 6.43. The van der Waals surface area contributed by atoms with Gasteiger partial charge in [-0.1, -0.05) is 53.7 Å². The second-order valence-corrected chi connectivity index (χ2v) is 8.35. The summed E-state index contributed by atoms with van der Waals surface area (Å²) in [5.74, 6) is -0.590. The molecule has 0 bridgehead atoms. The molecule has 3 rings (SSSR count). The summed E-state index contributed by atoms with van der Waals surface area (Å²) in [5.41, 5.74) is 1.21. The van der Waals surface area contributed by atoms with Crippen LogP contribution in [0.15, 0.2) is 70.1 Å². The van der Waals surface area contributed by atoms with E-state index in [1.165, 1.54) is 5.56 Å². The maximum absolute atomic E-state index is 12.3. The first-order valence-electron chi connectivity index (χ1n) is 8.97. The number of rotatable bonds is 9. The number of nitrogens with one attached hydrogen (secondary N) is 1. The summed E-state index contributed by atoms with van der Waals surface area (Å²) < 4.78 is 29.5. The Morgan fingerprint density at radius 3 is 2.36 bits per heavy atom. The van der Waals surface area contributed by atoms with Crippen LogP contribution >= 0.6 is 0 Å². The van der Waals surface area contributed by atoms with Gasteiger partial charge in [-0.15, -0.1) is 0 Å². The van der Waals surface area contributed by atoms with Gasteiger partial charge in [-0.3, -0.25) is 4.79 Å². The van der Waals surface area contributed by atoms with Gasteiger partial charge in [-0.05, 0) is 30.5 Å². The third kappa shape index (κ3) is 5.50. The second-order valence-electron chi connectivity index (χ2n) is 6.24. The van der Waals surface area contributed by atoms with Crippen LogP contribution in [0.2, 0.25) is 0 Å². The molecule has 8 heteroatoms. The van der Waals surface area contributed by atoms with Crippen LogP contribution in [0.25, 0.3) is 0 Å². The monoisotopic (exact) mass is 399 g/mol. The molecule has 1 heterocycles. The lowest BCUT2D eigenvalue weighted by atomic mass is 10.1. The van der Waals surface area contributed by atoms with Gasteiger partial charge in [-0.2, -0.15) is 4.98 Å². The molecule has 2 aromatic carbocycles. The summed E-state index contributed by atoms with van der Waals surface area (Å²) in [7, 11) is -3.44. The molecule has 28 heavy (non-hydrogen) atoms. The fourth-order valence-electron chi connectivity index (χ4n) is 2.63. The number of amides is 1. The summed E-state index contributed by atoms with van der Waals surface area (Å²) in [6, 6.07) is 18.2. The van der Waals surface area contributed by atoms with Crippen molar-refractivity contribution in [3.8, 4) is 0 Å². The van der Waals surface area contributed by atoms with E-state index in [1.807, 2.05) is 30.3 Å². The zero-order chi connectivity index (χ0) is 19.8. The van der Waals surface area contributed by atoms with Crippen LogP contribution in [-0.4, -0.2) is 36.8 Å². The standard InChI is InChI=1S/C20H21N3O4S/c24-19(21-14-7-10-16-8-3-1-4-9-16)20-22-18(23-27-20)13-15-28(25,26)17-11-5-2-6-12-17/h1-6,8-9,11-12H,7,10,13-15H2,(H,21,24). The lowest BCUT2D eigenvalue weighted by Gasteiger charge is -2.02. The molecular weight excluding hydrogens is 378 g/mol. The average Bonchev–Trinajstić information content (AvgIpc) is 3.20. The highest BCUT2D eigenvalue weighted by Gasteiger charge is 2.18. The lowest BCUT2D eigenvalue weighted by Crippen LogP contribution is -2.25. The van der Waals surface area contributed by atoms with E-state index >= 15 is 0 Å². The van der Waals surface area contributed by atoms with E-state index in [4.69, 9.17) is 4.52 Å². The molecule has 0 unspecified atom stereocenters. The fraction of sp³-hybridized carbons (Fsp3) is 0.250.